The maximum atomic E-state index is 12.0. The van der Waals surface area contributed by atoms with Gasteiger partial charge in [-0.2, -0.15) is 5.10 Å². The number of amides is 1. The third-order valence-electron chi connectivity index (χ3n) is 2.51. The zero-order valence-electron chi connectivity index (χ0n) is 9.71. The van der Waals surface area contributed by atoms with Crippen molar-refractivity contribution in [3.8, 4) is 0 Å². The molecule has 0 bridgehead atoms. The predicted octanol–water partition coefficient (Wildman–Crippen LogP) is 2.98. The summed E-state index contributed by atoms with van der Waals surface area (Å²) in [4.78, 5) is 15.9. The van der Waals surface area contributed by atoms with E-state index in [0.717, 1.165) is 11.3 Å². The molecule has 0 spiro atoms. The molecule has 2 heterocycles. The summed E-state index contributed by atoms with van der Waals surface area (Å²) in [6.45, 7) is 3.71. The predicted molar refractivity (Wildman–Crippen MR) is 70.3 cm³/mol. The summed E-state index contributed by atoms with van der Waals surface area (Å²) in [5.74, 6) is 0.00689. The highest BCUT2D eigenvalue weighted by molar-refractivity contribution is 6.35. The van der Waals surface area contributed by atoms with E-state index in [-0.39, 0.29) is 15.9 Å². The average molecular weight is 285 g/mol. The van der Waals surface area contributed by atoms with Gasteiger partial charge in [0, 0.05) is 11.3 Å². The van der Waals surface area contributed by atoms with Gasteiger partial charge in [0.25, 0.3) is 5.91 Å². The molecule has 94 valence electrons. The van der Waals surface area contributed by atoms with Crippen LogP contribution >= 0.6 is 23.2 Å². The molecule has 0 aliphatic carbocycles. The molecule has 0 atom stereocenters. The van der Waals surface area contributed by atoms with Gasteiger partial charge in [-0.05, 0) is 26.0 Å². The SMILES string of the molecule is Cc1[nH]nc(NC(=O)c2nc(Cl)ccc2Cl)c1C. The van der Waals surface area contributed by atoms with Crippen molar-refractivity contribution in [2.75, 3.05) is 5.32 Å². The Kier molecular flexibility index (Phi) is 3.54. The number of hydrogen-bond acceptors (Lipinski definition) is 3. The number of halogens is 2. The highest BCUT2D eigenvalue weighted by atomic mass is 35.5. The van der Waals surface area contributed by atoms with E-state index in [1.165, 1.54) is 12.1 Å². The summed E-state index contributed by atoms with van der Waals surface area (Å²) in [6.07, 6.45) is 0. The number of aryl methyl sites for hydroxylation is 1. The molecule has 0 radical (unpaired) electrons. The fraction of sp³-hybridized carbons (Fsp3) is 0.182. The Labute approximate surface area is 114 Å². The first kappa shape index (κ1) is 12.9. The Balaban J connectivity index is 2.27. The first-order chi connectivity index (χ1) is 8.49. The molecule has 2 aromatic heterocycles. The Bertz CT molecular complexity index is 609. The Morgan fingerprint density at radius 1 is 1.33 bits per heavy atom. The second-order valence-corrected chi connectivity index (χ2v) is 4.54. The largest absolute Gasteiger partial charge is 0.303 e. The van der Waals surface area contributed by atoms with Gasteiger partial charge in [-0.25, -0.2) is 4.98 Å². The molecule has 1 amide bonds. The molecule has 2 N–H and O–H groups in total. The van der Waals surface area contributed by atoms with Gasteiger partial charge >= 0.3 is 0 Å². The van der Waals surface area contributed by atoms with Crippen molar-refractivity contribution in [1.29, 1.82) is 0 Å². The standard InChI is InChI=1S/C11H10Cl2N4O/c1-5-6(2)16-17-10(5)15-11(18)9-7(12)3-4-8(13)14-9/h3-4H,1-2H3,(H2,15,16,17,18). The van der Waals surface area contributed by atoms with E-state index < -0.39 is 5.91 Å². The molecule has 0 fully saturated rings. The normalized spacial score (nSPS) is 10.4. The van der Waals surface area contributed by atoms with E-state index in [9.17, 15) is 4.79 Å². The van der Waals surface area contributed by atoms with E-state index in [1.54, 1.807) is 0 Å². The van der Waals surface area contributed by atoms with Crippen LogP contribution in [-0.4, -0.2) is 21.1 Å². The quantitative estimate of drug-likeness (QED) is 0.833. The summed E-state index contributed by atoms with van der Waals surface area (Å²) in [7, 11) is 0. The minimum absolute atomic E-state index is 0.0734. The van der Waals surface area contributed by atoms with Crippen molar-refractivity contribution >= 4 is 34.9 Å². The van der Waals surface area contributed by atoms with E-state index in [0.29, 0.717) is 5.82 Å². The van der Waals surface area contributed by atoms with Crippen LogP contribution in [0.2, 0.25) is 10.2 Å². The maximum absolute atomic E-state index is 12.0. The highest BCUT2D eigenvalue weighted by Gasteiger charge is 2.16. The van der Waals surface area contributed by atoms with Gasteiger partial charge < -0.3 is 5.32 Å². The maximum Gasteiger partial charge on any atom is 0.277 e. The molecule has 2 rings (SSSR count). The topological polar surface area (TPSA) is 70.7 Å². The Hall–Kier alpha value is -1.59. The van der Waals surface area contributed by atoms with Crippen LogP contribution in [0.3, 0.4) is 0 Å². The van der Waals surface area contributed by atoms with Gasteiger partial charge in [-0.15, -0.1) is 0 Å². The Morgan fingerprint density at radius 3 is 2.67 bits per heavy atom. The van der Waals surface area contributed by atoms with Gasteiger partial charge in [0.05, 0.1) is 5.02 Å². The number of hydrogen-bond donors (Lipinski definition) is 2. The van der Waals surface area contributed by atoms with Crippen LogP contribution < -0.4 is 5.32 Å². The summed E-state index contributed by atoms with van der Waals surface area (Å²) in [5, 5.41) is 9.82. The smallest absolute Gasteiger partial charge is 0.277 e. The van der Waals surface area contributed by atoms with Crippen LogP contribution in [0.4, 0.5) is 5.82 Å². The zero-order chi connectivity index (χ0) is 13.3. The van der Waals surface area contributed by atoms with Crippen molar-refractivity contribution < 1.29 is 4.79 Å². The molecule has 5 nitrogen and oxygen atoms in total. The second kappa shape index (κ2) is 4.96. The number of H-pyrrole nitrogens is 1. The van der Waals surface area contributed by atoms with Gasteiger partial charge in [-0.1, -0.05) is 23.2 Å². The second-order valence-electron chi connectivity index (χ2n) is 3.74. The summed E-state index contributed by atoms with van der Waals surface area (Å²) in [5.41, 5.74) is 1.82. The van der Waals surface area contributed by atoms with Crippen LogP contribution in [0.5, 0.6) is 0 Å². The van der Waals surface area contributed by atoms with E-state index in [2.05, 4.69) is 20.5 Å². The lowest BCUT2D eigenvalue weighted by atomic mass is 10.2. The number of carbonyl (C=O) groups excluding carboxylic acids is 1. The van der Waals surface area contributed by atoms with Crippen molar-refractivity contribution in [2.45, 2.75) is 13.8 Å². The third kappa shape index (κ3) is 2.47. The minimum atomic E-state index is -0.447. The van der Waals surface area contributed by atoms with E-state index >= 15 is 0 Å². The van der Waals surface area contributed by atoms with Crippen LogP contribution in [0.25, 0.3) is 0 Å². The lowest BCUT2D eigenvalue weighted by Gasteiger charge is -2.04. The summed E-state index contributed by atoms with van der Waals surface area (Å²) >= 11 is 11.6. The highest BCUT2D eigenvalue weighted by Crippen LogP contribution is 2.19. The fourth-order valence-electron chi connectivity index (χ4n) is 1.35. The fourth-order valence-corrected chi connectivity index (χ4v) is 1.69. The number of carbonyl (C=O) groups is 1. The molecule has 0 aromatic carbocycles. The molecule has 0 aliphatic heterocycles. The molecular weight excluding hydrogens is 275 g/mol. The number of nitrogens with zero attached hydrogens (tertiary/aromatic N) is 2. The molecule has 18 heavy (non-hydrogen) atoms. The molecule has 0 saturated carbocycles. The number of pyridine rings is 1. The van der Waals surface area contributed by atoms with Gasteiger partial charge in [0.15, 0.2) is 5.82 Å². The number of rotatable bonds is 2. The van der Waals surface area contributed by atoms with Gasteiger partial charge in [0.1, 0.15) is 10.8 Å². The van der Waals surface area contributed by atoms with Crippen molar-refractivity contribution in [3.63, 3.8) is 0 Å². The van der Waals surface area contributed by atoms with Crippen molar-refractivity contribution in [3.05, 3.63) is 39.3 Å². The molecule has 0 saturated heterocycles. The first-order valence-corrected chi connectivity index (χ1v) is 5.89. The van der Waals surface area contributed by atoms with Crippen molar-refractivity contribution in [1.82, 2.24) is 15.2 Å². The van der Waals surface area contributed by atoms with Crippen LogP contribution in [0.1, 0.15) is 21.7 Å². The molecule has 7 heteroatoms. The van der Waals surface area contributed by atoms with E-state index in [1.807, 2.05) is 13.8 Å². The van der Waals surface area contributed by atoms with Crippen LogP contribution in [0.15, 0.2) is 12.1 Å². The Morgan fingerprint density at radius 2 is 2.06 bits per heavy atom. The monoisotopic (exact) mass is 284 g/mol. The first-order valence-electron chi connectivity index (χ1n) is 5.14. The van der Waals surface area contributed by atoms with Gasteiger partial charge in [0.2, 0.25) is 0 Å². The number of nitrogens with one attached hydrogen (secondary N) is 2. The number of anilines is 1. The van der Waals surface area contributed by atoms with Crippen molar-refractivity contribution in [2.24, 2.45) is 0 Å². The lowest BCUT2D eigenvalue weighted by Crippen LogP contribution is -2.15. The molecule has 0 aliphatic rings. The van der Waals surface area contributed by atoms with E-state index in [4.69, 9.17) is 23.2 Å². The zero-order valence-corrected chi connectivity index (χ0v) is 11.2. The molecular formula is C11H10Cl2N4O. The number of aromatic amines is 1. The summed E-state index contributed by atoms with van der Waals surface area (Å²) in [6, 6.07) is 3.04. The molecule has 0 unspecified atom stereocenters. The lowest BCUT2D eigenvalue weighted by molar-refractivity contribution is 0.102. The van der Waals surface area contributed by atoms with Crippen LogP contribution in [-0.2, 0) is 0 Å². The average Bonchev–Trinajstić information content (AvgIpc) is 2.64. The number of aromatic nitrogens is 3. The third-order valence-corrected chi connectivity index (χ3v) is 3.03. The summed E-state index contributed by atoms with van der Waals surface area (Å²) < 4.78 is 0. The van der Waals surface area contributed by atoms with Gasteiger partial charge in [-0.3, -0.25) is 9.89 Å². The molecule has 2 aromatic rings. The minimum Gasteiger partial charge on any atom is -0.303 e. The van der Waals surface area contributed by atoms with Crippen LogP contribution in [0, 0.1) is 13.8 Å².